The molecule has 0 heterocycles. The zero-order valence-corrected chi connectivity index (χ0v) is 7.77. The number of nitrogens with two attached hydrogens (primary N) is 1. The molecular formula is C11H15NO. The summed E-state index contributed by atoms with van der Waals surface area (Å²) in [5, 5.41) is 9.25. The van der Waals surface area contributed by atoms with Gasteiger partial charge in [0, 0.05) is 6.54 Å². The highest BCUT2D eigenvalue weighted by atomic mass is 16.3. The number of hydrogen-bond acceptors (Lipinski definition) is 2. The Bertz CT molecular complexity index is 275. The summed E-state index contributed by atoms with van der Waals surface area (Å²) in [6, 6.07) is 7.77. The summed E-state index contributed by atoms with van der Waals surface area (Å²) in [5.41, 5.74) is 7.37. The van der Waals surface area contributed by atoms with E-state index in [1.807, 2.05) is 36.4 Å². The molecular weight excluding hydrogens is 162 g/mol. The Morgan fingerprint density at radius 3 is 2.46 bits per heavy atom. The molecule has 0 aromatic heterocycles. The maximum Gasteiger partial charge on any atom is 0.0761 e. The van der Waals surface area contributed by atoms with Crippen LogP contribution in [-0.2, 0) is 0 Å². The third-order valence-corrected chi connectivity index (χ3v) is 1.87. The quantitative estimate of drug-likeness (QED) is 0.738. The van der Waals surface area contributed by atoms with E-state index in [-0.39, 0.29) is 0 Å². The van der Waals surface area contributed by atoms with Crippen LogP contribution in [0.2, 0.25) is 0 Å². The van der Waals surface area contributed by atoms with Gasteiger partial charge in [0.1, 0.15) is 0 Å². The van der Waals surface area contributed by atoms with Crippen molar-refractivity contribution in [2.45, 2.75) is 13.0 Å². The van der Waals surface area contributed by atoms with Crippen LogP contribution in [0, 0.1) is 0 Å². The molecule has 1 atom stereocenters. The molecule has 1 unspecified atom stereocenters. The molecule has 3 N–H and O–H groups in total. The van der Waals surface area contributed by atoms with Gasteiger partial charge in [0.2, 0.25) is 0 Å². The average Bonchev–Trinajstić information content (AvgIpc) is 2.15. The van der Waals surface area contributed by atoms with Crippen molar-refractivity contribution in [1.82, 2.24) is 0 Å². The zero-order chi connectivity index (χ0) is 9.68. The number of rotatable bonds is 3. The standard InChI is InChI=1S/C11H15NO/c1-9(13)11-6-4-10(5-7-11)3-2-8-12/h2-7,9,13H,8,12H2,1H3/b3-2+. The summed E-state index contributed by atoms with van der Waals surface area (Å²) in [6.45, 7) is 2.31. The van der Waals surface area contributed by atoms with Gasteiger partial charge in [-0.15, -0.1) is 0 Å². The van der Waals surface area contributed by atoms with Gasteiger partial charge in [-0.3, -0.25) is 0 Å². The first kappa shape index (κ1) is 9.96. The van der Waals surface area contributed by atoms with Crippen molar-refractivity contribution in [2.24, 2.45) is 5.73 Å². The van der Waals surface area contributed by atoms with E-state index in [4.69, 9.17) is 5.73 Å². The predicted octanol–water partition coefficient (Wildman–Crippen LogP) is 1.71. The topological polar surface area (TPSA) is 46.2 Å². The fraction of sp³-hybridized carbons (Fsp3) is 0.273. The van der Waals surface area contributed by atoms with Gasteiger partial charge in [-0.1, -0.05) is 36.4 Å². The Labute approximate surface area is 78.7 Å². The average molecular weight is 177 g/mol. The fourth-order valence-corrected chi connectivity index (χ4v) is 1.09. The number of aliphatic hydroxyl groups excluding tert-OH is 1. The predicted molar refractivity (Wildman–Crippen MR) is 55.2 cm³/mol. The van der Waals surface area contributed by atoms with E-state index in [1.165, 1.54) is 0 Å². The van der Waals surface area contributed by atoms with E-state index >= 15 is 0 Å². The summed E-state index contributed by atoms with van der Waals surface area (Å²) < 4.78 is 0. The molecule has 0 bridgehead atoms. The lowest BCUT2D eigenvalue weighted by Gasteiger charge is -2.03. The van der Waals surface area contributed by atoms with Crippen LogP contribution in [0.1, 0.15) is 24.2 Å². The Kier molecular flexibility index (Phi) is 3.68. The maximum absolute atomic E-state index is 9.25. The van der Waals surface area contributed by atoms with E-state index < -0.39 is 6.10 Å². The van der Waals surface area contributed by atoms with Gasteiger partial charge in [-0.05, 0) is 18.1 Å². The molecule has 0 aliphatic carbocycles. The second kappa shape index (κ2) is 4.80. The Balaban J connectivity index is 2.75. The molecule has 0 spiro atoms. The molecule has 0 saturated carbocycles. The van der Waals surface area contributed by atoms with Crippen LogP contribution >= 0.6 is 0 Å². The summed E-state index contributed by atoms with van der Waals surface area (Å²) in [4.78, 5) is 0. The normalized spacial score (nSPS) is 13.5. The van der Waals surface area contributed by atoms with E-state index in [2.05, 4.69) is 0 Å². The van der Waals surface area contributed by atoms with E-state index in [0.717, 1.165) is 11.1 Å². The molecule has 0 saturated heterocycles. The second-order valence-corrected chi connectivity index (χ2v) is 2.98. The SMILES string of the molecule is CC(O)c1ccc(/C=C/CN)cc1. The largest absolute Gasteiger partial charge is 0.389 e. The smallest absolute Gasteiger partial charge is 0.0761 e. The van der Waals surface area contributed by atoms with Crippen LogP contribution in [0.4, 0.5) is 0 Å². The summed E-state index contributed by atoms with van der Waals surface area (Å²) in [6.07, 6.45) is 3.47. The summed E-state index contributed by atoms with van der Waals surface area (Å²) >= 11 is 0. The molecule has 0 aliphatic rings. The second-order valence-electron chi connectivity index (χ2n) is 2.98. The summed E-state index contributed by atoms with van der Waals surface area (Å²) in [7, 11) is 0. The van der Waals surface area contributed by atoms with Crippen molar-refractivity contribution in [3.63, 3.8) is 0 Å². The monoisotopic (exact) mass is 177 g/mol. The van der Waals surface area contributed by atoms with Gasteiger partial charge in [-0.2, -0.15) is 0 Å². The first-order chi connectivity index (χ1) is 6.24. The van der Waals surface area contributed by atoms with Crippen molar-refractivity contribution in [3.8, 4) is 0 Å². The molecule has 13 heavy (non-hydrogen) atoms. The van der Waals surface area contributed by atoms with Gasteiger partial charge in [-0.25, -0.2) is 0 Å². The van der Waals surface area contributed by atoms with Crippen LogP contribution in [-0.4, -0.2) is 11.7 Å². The highest BCUT2D eigenvalue weighted by molar-refractivity contribution is 5.49. The lowest BCUT2D eigenvalue weighted by atomic mass is 10.1. The molecule has 2 heteroatoms. The maximum atomic E-state index is 9.25. The lowest BCUT2D eigenvalue weighted by molar-refractivity contribution is 0.199. The van der Waals surface area contributed by atoms with Crippen molar-refractivity contribution in [3.05, 3.63) is 41.5 Å². The minimum atomic E-state index is -0.396. The van der Waals surface area contributed by atoms with Crippen LogP contribution < -0.4 is 5.73 Å². The van der Waals surface area contributed by atoms with Crippen molar-refractivity contribution in [2.75, 3.05) is 6.54 Å². The van der Waals surface area contributed by atoms with E-state index in [9.17, 15) is 5.11 Å². The third kappa shape index (κ3) is 3.01. The van der Waals surface area contributed by atoms with E-state index in [0.29, 0.717) is 6.54 Å². The van der Waals surface area contributed by atoms with Gasteiger partial charge >= 0.3 is 0 Å². The van der Waals surface area contributed by atoms with Crippen molar-refractivity contribution >= 4 is 6.08 Å². The third-order valence-electron chi connectivity index (χ3n) is 1.87. The van der Waals surface area contributed by atoms with Gasteiger partial charge in [0.05, 0.1) is 6.10 Å². The first-order valence-corrected chi connectivity index (χ1v) is 4.38. The Morgan fingerprint density at radius 2 is 2.00 bits per heavy atom. The number of hydrogen-bond donors (Lipinski definition) is 2. The highest BCUT2D eigenvalue weighted by Gasteiger charge is 1.97. The molecule has 0 amide bonds. The van der Waals surface area contributed by atoms with Gasteiger partial charge in [0.15, 0.2) is 0 Å². The number of aliphatic hydroxyl groups is 1. The van der Waals surface area contributed by atoms with Crippen LogP contribution in [0.15, 0.2) is 30.3 Å². The van der Waals surface area contributed by atoms with Crippen LogP contribution in [0.25, 0.3) is 6.08 Å². The van der Waals surface area contributed by atoms with Crippen molar-refractivity contribution in [1.29, 1.82) is 0 Å². The molecule has 1 rings (SSSR count). The minimum absolute atomic E-state index is 0.396. The molecule has 2 nitrogen and oxygen atoms in total. The highest BCUT2D eigenvalue weighted by Crippen LogP contribution is 2.13. The van der Waals surface area contributed by atoms with Crippen LogP contribution in [0.5, 0.6) is 0 Å². The van der Waals surface area contributed by atoms with Gasteiger partial charge in [0.25, 0.3) is 0 Å². The number of benzene rings is 1. The molecule has 1 aromatic rings. The molecule has 70 valence electrons. The zero-order valence-electron chi connectivity index (χ0n) is 7.77. The van der Waals surface area contributed by atoms with E-state index in [1.54, 1.807) is 6.92 Å². The summed E-state index contributed by atoms with van der Waals surface area (Å²) in [5.74, 6) is 0. The van der Waals surface area contributed by atoms with Gasteiger partial charge < -0.3 is 10.8 Å². The van der Waals surface area contributed by atoms with Crippen LogP contribution in [0.3, 0.4) is 0 Å². The van der Waals surface area contributed by atoms with Crippen molar-refractivity contribution < 1.29 is 5.11 Å². The molecule has 0 aliphatic heterocycles. The first-order valence-electron chi connectivity index (χ1n) is 4.38. The Hall–Kier alpha value is -1.12. The lowest BCUT2D eigenvalue weighted by Crippen LogP contribution is -1.92. The fourth-order valence-electron chi connectivity index (χ4n) is 1.09. The Morgan fingerprint density at radius 1 is 1.38 bits per heavy atom. The molecule has 0 radical (unpaired) electrons. The molecule has 1 aromatic carbocycles. The minimum Gasteiger partial charge on any atom is -0.389 e. The molecule has 0 fully saturated rings.